The van der Waals surface area contributed by atoms with Crippen molar-refractivity contribution in [2.75, 3.05) is 13.1 Å². The molecule has 5 nitrogen and oxygen atoms in total. The Kier molecular flexibility index (Phi) is 5.25. The number of amidine groups is 1. The van der Waals surface area contributed by atoms with Crippen molar-refractivity contribution in [3.8, 4) is 0 Å². The monoisotopic (exact) mass is 343 g/mol. The van der Waals surface area contributed by atoms with Crippen molar-refractivity contribution in [2.24, 2.45) is 4.40 Å². The molecule has 3 rings (SSSR count). The van der Waals surface area contributed by atoms with Crippen LogP contribution >= 0.6 is 0 Å². The molecule has 0 amide bonds. The Balaban J connectivity index is 1.76. The first-order valence-electron chi connectivity index (χ1n) is 8.18. The van der Waals surface area contributed by atoms with Gasteiger partial charge in [0.25, 0.3) is 10.0 Å². The van der Waals surface area contributed by atoms with Crippen LogP contribution in [0.2, 0.25) is 0 Å². The molecule has 2 heterocycles. The van der Waals surface area contributed by atoms with Gasteiger partial charge >= 0.3 is 0 Å². The first kappa shape index (κ1) is 16.6. The van der Waals surface area contributed by atoms with E-state index in [0.717, 1.165) is 32.4 Å². The third-order valence-electron chi connectivity index (χ3n) is 4.11. The third kappa shape index (κ3) is 4.20. The minimum atomic E-state index is -3.69. The maximum Gasteiger partial charge on any atom is 0.285 e. The molecule has 1 aromatic heterocycles. The van der Waals surface area contributed by atoms with E-state index in [4.69, 9.17) is 0 Å². The van der Waals surface area contributed by atoms with E-state index < -0.39 is 10.0 Å². The van der Waals surface area contributed by atoms with Crippen molar-refractivity contribution in [2.45, 2.75) is 30.6 Å². The van der Waals surface area contributed by atoms with Crippen LogP contribution in [0.1, 0.15) is 24.8 Å². The second-order valence-electron chi connectivity index (χ2n) is 5.85. The highest BCUT2D eigenvalue weighted by Gasteiger charge is 2.21. The molecule has 1 fully saturated rings. The van der Waals surface area contributed by atoms with Gasteiger partial charge in [-0.15, -0.1) is 4.40 Å². The summed E-state index contributed by atoms with van der Waals surface area (Å²) in [7, 11) is -3.69. The maximum atomic E-state index is 12.5. The number of sulfonamides is 1. The van der Waals surface area contributed by atoms with Gasteiger partial charge in [-0.25, -0.2) is 0 Å². The molecule has 0 atom stereocenters. The van der Waals surface area contributed by atoms with Gasteiger partial charge in [0.1, 0.15) is 10.7 Å². The number of aromatic nitrogens is 1. The SMILES string of the molecule is O=S(=O)(/N=C1\CCCCN1CCc1ccccc1)c1cccnc1. The van der Waals surface area contributed by atoms with Crippen LogP contribution in [0.3, 0.4) is 0 Å². The van der Waals surface area contributed by atoms with E-state index in [0.29, 0.717) is 12.3 Å². The van der Waals surface area contributed by atoms with Gasteiger partial charge < -0.3 is 4.90 Å². The first-order chi connectivity index (χ1) is 11.6. The highest BCUT2D eigenvalue weighted by molar-refractivity contribution is 7.90. The quantitative estimate of drug-likeness (QED) is 0.837. The molecular weight excluding hydrogens is 322 g/mol. The number of piperidine rings is 1. The molecule has 0 bridgehead atoms. The summed E-state index contributed by atoms with van der Waals surface area (Å²) in [6, 6.07) is 13.4. The summed E-state index contributed by atoms with van der Waals surface area (Å²) in [4.78, 5) is 6.12. The molecule has 0 unspecified atom stereocenters. The Morgan fingerprint density at radius 1 is 1.08 bits per heavy atom. The molecule has 126 valence electrons. The average molecular weight is 343 g/mol. The molecule has 1 aliphatic rings. The standard InChI is InChI=1S/C18H21N3O2S/c22-24(23,17-9-6-12-19-15-17)20-18-10-4-5-13-21(18)14-11-16-7-2-1-3-8-16/h1-3,6-9,12,15H,4-5,10-11,13-14H2/b20-18+. The summed E-state index contributed by atoms with van der Waals surface area (Å²) in [5, 5.41) is 0. The Morgan fingerprint density at radius 2 is 1.92 bits per heavy atom. The molecule has 1 aliphatic heterocycles. The normalized spacial score (nSPS) is 17.2. The van der Waals surface area contributed by atoms with E-state index >= 15 is 0 Å². The fourth-order valence-corrected chi connectivity index (χ4v) is 3.85. The Hall–Kier alpha value is -2.21. The first-order valence-corrected chi connectivity index (χ1v) is 9.62. The van der Waals surface area contributed by atoms with Gasteiger partial charge in [0.15, 0.2) is 0 Å². The Morgan fingerprint density at radius 3 is 2.67 bits per heavy atom. The number of pyridine rings is 1. The second kappa shape index (κ2) is 7.57. The van der Waals surface area contributed by atoms with Gasteiger partial charge in [-0.3, -0.25) is 4.98 Å². The van der Waals surface area contributed by atoms with Crippen LogP contribution in [-0.2, 0) is 16.4 Å². The van der Waals surface area contributed by atoms with Crippen molar-refractivity contribution >= 4 is 15.9 Å². The molecule has 24 heavy (non-hydrogen) atoms. The van der Waals surface area contributed by atoms with Crippen molar-refractivity contribution in [1.29, 1.82) is 0 Å². The highest BCUT2D eigenvalue weighted by atomic mass is 32.2. The molecule has 1 saturated heterocycles. The molecule has 0 saturated carbocycles. The van der Waals surface area contributed by atoms with Crippen LogP contribution < -0.4 is 0 Å². The largest absolute Gasteiger partial charge is 0.359 e. The van der Waals surface area contributed by atoms with Crippen molar-refractivity contribution < 1.29 is 8.42 Å². The maximum absolute atomic E-state index is 12.5. The highest BCUT2D eigenvalue weighted by Crippen LogP contribution is 2.17. The van der Waals surface area contributed by atoms with Gasteiger partial charge in [0.05, 0.1) is 0 Å². The number of likely N-dealkylation sites (tertiary alicyclic amines) is 1. The van der Waals surface area contributed by atoms with Crippen LogP contribution in [-0.4, -0.2) is 37.2 Å². The molecule has 0 spiro atoms. The van der Waals surface area contributed by atoms with E-state index in [9.17, 15) is 8.42 Å². The molecule has 6 heteroatoms. The minimum Gasteiger partial charge on any atom is -0.359 e. The van der Waals surface area contributed by atoms with Crippen LogP contribution in [0.15, 0.2) is 64.2 Å². The van der Waals surface area contributed by atoms with Gasteiger partial charge in [-0.05, 0) is 37.0 Å². The predicted octanol–water partition coefficient (Wildman–Crippen LogP) is 2.90. The van der Waals surface area contributed by atoms with Crippen LogP contribution in [0.5, 0.6) is 0 Å². The lowest BCUT2D eigenvalue weighted by Gasteiger charge is -2.30. The Bertz CT molecular complexity index is 790. The number of hydrogen-bond donors (Lipinski definition) is 0. The van der Waals surface area contributed by atoms with Crippen LogP contribution in [0.25, 0.3) is 0 Å². The molecule has 0 radical (unpaired) electrons. The summed E-state index contributed by atoms with van der Waals surface area (Å²) < 4.78 is 29.0. The van der Waals surface area contributed by atoms with Gasteiger partial charge in [0.2, 0.25) is 0 Å². The zero-order valence-electron chi connectivity index (χ0n) is 13.5. The number of benzene rings is 1. The second-order valence-corrected chi connectivity index (χ2v) is 7.46. The van der Waals surface area contributed by atoms with Crippen molar-refractivity contribution in [3.63, 3.8) is 0 Å². The fraction of sp³-hybridized carbons (Fsp3) is 0.333. The predicted molar refractivity (Wildman–Crippen MR) is 94.4 cm³/mol. The fourth-order valence-electron chi connectivity index (χ4n) is 2.82. The topological polar surface area (TPSA) is 62.6 Å². The Labute approximate surface area is 143 Å². The molecule has 0 N–H and O–H groups in total. The molecule has 2 aromatic rings. The summed E-state index contributed by atoms with van der Waals surface area (Å²) in [5.74, 6) is 0.668. The number of nitrogens with zero attached hydrogens (tertiary/aromatic N) is 3. The molecular formula is C18H21N3O2S. The lowest BCUT2D eigenvalue weighted by molar-refractivity contribution is 0.374. The summed E-state index contributed by atoms with van der Waals surface area (Å²) in [6.45, 7) is 1.64. The van der Waals surface area contributed by atoms with E-state index in [1.165, 1.54) is 17.8 Å². The van der Waals surface area contributed by atoms with E-state index in [-0.39, 0.29) is 4.90 Å². The minimum absolute atomic E-state index is 0.145. The molecule has 0 aliphatic carbocycles. The zero-order chi connectivity index (χ0) is 16.8. The van der Waals surface area contributed by atoms with E-state index in [1.54, 1.807) is 12.3 Å². The van der Waals surface area contributed by atoms with Crippen molar-refractivity contribution in [1.82, 2.24) is 9.88 Å². The smallest absolute Gasteiger partial charge is 0.285 e. The van der Waals surface area contributed by atoms with Crippen LogP contribution in [0.4, 0.5) is 0 Å². The summed E-state index contributed by atoms with van der Waals surface area (Å²) in [6.07, 6.45) is 6.53. The van der Waals surface area contributed by atoms with Crippen molar-refractivity contribution in [3.05, 3.63) is 60.4 Å². The summed E-state index contributed by atoms with van der Waals surface area (Å²) in [5.41, 5.74) is 1.25. The van der Waals surface area contributed by atoms with Gasteiger partial charge in [-0.2, -0.15) is 8.42 Å². The number of rotatable bonds is 5. The van der Waals surface area contributed by atoms with E-state index in [2.05, 4.69) is 26.4 Å². The van der Waals surface area contributed by atoms with Gasteiger partial charge in [-0.1, -0.05) is 30.3 Å². The van der Waals surface area contributed by atoms with Crippen LogP contribution in [0, 0.1) is 0 Å². The van der Waals surface area contributed by atoms with E-state index in [1.807, 2.05) is 18.2 Å². The third-order valence-corrected chi connectivity index (χ3v) is 5.40. The zero-order valence-corrected chi connectivity index (χ0v) is 14.3. The molecule has 1 aromatic carbocycles. The average Bonchev–Trinajstić information content (AvgIpc) is 2.62. The lowest BCUT2D eigenvalue weighted by Crippen LogP contribution is -2.37. The number of hydrogen-bond acceptors (Lipinski definition) is 3. The summed E-state index contributed by atoms with van der Waals surface area (Å²) >= 11 is 0. The van der Waals surface area contributed by atoms with Gasteiger partial charge in [0, 0.05) is 31.9 Å². The lowest BCUT2D eigenvalue weighted by atomic mass is 10.1.